The molecule has 3 heterocycles. The molecule has 0 saturated carbocycles. The van der Waals surface area contributed by atoms with Crippen LogP contribution in [0.5, 0.6) is 0 Å². The van der Waals surface area contributed by atoms with Crippen LogP contribution in [-0.4, -0.2) is 58.1 Å². The van der Waals surface area contributed by atoms with Crippen LogP contribution in [0, 0.1) is 6.92 Å². The highest BCUT2D eigenvalue weighted by Crippen LogP contribution is 2.26. The lowest BCUT2D eigenvalue weighted by Gasteiger charge is -2.36. The van der Waals surface area contributed by atoms with Crippen molar-refractivity contribution < 1.29 is 14.0 Å². The van der Waals surface area contributed by atoms with Crippen molar-refractivity contribution in [3.05, 3.63) is 47.2 Å². The summed E-state index contributed by atoms with van der Waals surface area (Å²) in [7, 11) is 0. The molecule has 2 fully saturated rings. The van der Waals surface area contributed by atoms with E-state index >= 15 is 0 Å². The summed E-state index contributed by atoms with van der Waals surface area (Å²) in [5.41, 5.74) is 1.61. The number of nitrogens with one attached hydrogen (secondary N) is 2. The SMILES string of the molecule is Cc1ccccc1C(=O)N[C@H]1C[C@H]2C(=O)NC[C@@H](Cc3nnc(C(C)C)o3)N2C1. The molecule has 29 heavy (non-hydrogen) atoms. The maximum atomic E-state index is 12.7. The maximum Gasteiger partial charge on any atom is 0.251 e. The Labute approximate surface area is 170 Å². The van der Waals surface area contributed by atoms with Crippen LogP contribution >= 0.6 is 0 Å². The number of fused-ring (bicyclic) bond motifs is 1. The monoisotopic (exact) mass is 397 g/mol. The third-order valence-corrected chi connectivity index (χ3v) is 5.73. The topological polar surface area (TPSA) is 100 Å². The number of aryl methyl sites for hydroxylation is 1. The molecule has 2 saturated heterocycles. The van der Waals surface area contributed by atoms with Crippen LogP contribution in [0.3, 0.4) is 0 Å². The number of hydrogen-bond donors (Lipinski definition) is 2. The Hall–Kier alpha value is -2.74. The molecular formula is C21H27N5O3. The Morgan fingerprint density at radius 2 is 2.14 bits per heavy atom. The Morgan fingerprint density at radius 1 is 1.34 bits per heavy atom. The smallest absolute Gasteiger partial charge is 0.251 e. The van der Waals surface area contributed by atoms with Crippen LogP contribution < -0.4 is 10.6 Å². The average Bonchev–Trinajstić information content (AvgIpc) is 3.32. The molecule has 154 valence electrons. The van der Waals surface area contributed by atoms with Gasteiger partial charge in [-0.15, -0.1) is 10.2 Å². The van der Waals surface area contributed by atoms with Crippen molar-refractivity contribution in [1.29, 1.82) is 0 Å². The molecule has 2 aliphatic rings. The normalized spacial score (nSPS) is 24.4. The summed E-state index contributed by atoms with van der Waals surface area (Å²) >= 11 is 0. The zero-order valence-corrected chi connectivity index (χ0v) is 17.0. The molecular weight excluding hydrogens is 370 g/mol. The third-order valence-electron chi connectivity index (χ3n) is 5.73. The van der Waals surface area contributed by atoms with E-state index < -0.39 is 0 Å². The molecule has 3 atom stereocenters. The fourth-order valence-corrected chi connectivity index (χ4v) is 4.14. The molecule has 0 unspecified atom stereocenters. The number of piperazine rings is 1. The number of amides is 2. The van der Waals surface area contributed by atoms with E-state index in [9.17, 15) is 9.59 Å². The summed E-state index contributed by atoms with van der Waals surface area (Å²) in [4.78, 5) is 27.3. The first-order valence-corrected chi connectivity index (χ1v) is 10.1. The molecule has 2 aliphatic heterocycles. The number of rotatable bonds is 5. The predicted molar refractivity (Wildman–Crippen MR) is 106 cm³/mol. The van der Waals surface area contributed by atoms with Crippen LogP contribution in [0.15, 0.2) is 28.7 Å². The van der Waals surface area contributed by atoms with Gasteiger partial charge in [0.05, 0.1) is 6.04 Å². The molecule has 0 aliphatic carbocycles. The van der Waals surface area contributed by atoms with Crippen LogP contribution in [-0.2, 0) is 11.2 Å². The minimum absolute atomic E-state index is 0.0160. The number of carbonyl (C=O) groups is 2. The summed E-state index contributed by atoms with van der Waals surface area (Å²) in [5, 5.41) is 14.3. The van der Waals surface area contributed by atoms with Crippen molar-refractivity contribution in [2.24, 2.45) is 0 Å². The number of hydrogen-bond acceptors (Lipinski definition) is 6. The summed E-state index contributed by atoms with van der Waals surface area (Å²) in [5.74, 6) is 1.32. The first-order chi connectivity index (χ1) is 13.9. The van der Waals surface area contributed by atoms with Gasteiger partial charge in [-0.2, -0.15) is 0 Å². The lowest BCUT2D eigenvalue weighted by atomic mass is 10.0. The fraction of sp³-hybridized carbons (Fsp3) is 0.524. The van der Waals surface area contributed by atoms with E-state index in [1.54, 1.807) is 0 Å². The van der Waals surface area contributed by atoms with Crippen molar-refractivity contribution in [1.82, 2.24) is 25.7 Å². The van der Waals surface area contributed by atoms with Gasteiger partial charge in [-0.05, 0) is 25.0 Å². The van der Waals surface area contributed by atoms with Crippen molar-refractivity contribution in [2.45, 2.75) is 57.7 Å². The summed E-state index contributed by atoms with van der Waals surface area (Å²) in [6.45, 7) is 7.11. The second-order valence-corrected chi connectivity index (χ2v) is 8.23. The minimum Gasteiger partial charge on any atom is -0.425 e. The molecule has 2 aromatic rings. The van der Waals surface area contributed by atoms with Gasteiger partial charge in [0.2, 0.25) is 17.7 Å². The second-order valence-electron chi connectivity index (χ2n) is 8.23. The molecule has 8 nitrogen and oxygen atoms in total. The van der Waals surface area contributed by atoms with Crippen LogP contribution in [0.1, 0.15) is 53.9 Å². The van der Waals surface area contributed by atoms with E-state index in [4.69, 9.17) is 4.42 Å². The number of benzene rings is 1. The Kier molecular flexibility index (Phi) is 5.36. The fourth-order valence-electron chi connectivity index (χ4n) is 4.14. The third kappa shape index (κ3) is 4.03. The molecule has 8 heteroatoms. The number of carbonyl (C=O) groups excluding carboxylic acids is 2. The molecule has 2 N–H and O–H groups in total. The number of aromatic nitrogens is 2. The van der Waals surface area contributed by atoms with Gasteiger partial charge in [0, 0.05) is 43.1 Å². The summed E-state index contributed by atoms with van der Waals surface area (Å²) in [6, 6.07) is 7.27. The molecule has 0 spiro atoms. The van der Waals surface area contributed by atoms with E-state index in [2.05, 4.69) is 25.7 Å². The first kappa shape index (κ1) is 19.6. The predicted octanol–water partition coefficient (Wildman–Crippen LogP) is 1.42. The second kappa shape index (κ2) is 7.94. The van der Waals surface area contributed by atoms with E-state index in [1.807, 2.05) is 45.0 Å². The van der Waals surface area contributed by atoms with Crippen molar-refractivity contribution in [3.8, 4) is 0 Å². The van der Waals surface area contributed by atoms with Gasteiger partial charge in [0.25, 0.3) is 5.91 Å². The molecule has 1 aromatic carbocycles. The van der Waals surface area contributed by atoms with Crippen molar-refractivity contribution in [3.63, 3.8) is 0 Å². The quantitative estimate of drug-likeness (QED) is 0.791. The van der Waals surface area contributed by atoms with E-state index in [0.29, 0.717) is 43.3 Å². The Morgan fingerprint density at radius 3 is 2.86 bits per heavy atom. The Bertz CT molecular complexity index is 909. The largest absolute Gasteiger partial charge is 0.425 e. The highest BCUT2D eigenvalue weighted by atomic mass is 16.4. The van der Waals surface area contributed by atoms with Gasteiger partial charge in [-0.1, -0.05) is 32.0 Å². The summed E-state index contributed by atoms with van der Waals surface area (Å²) < 4.78 is 5.75. The number of nitrogens with zero attached hydrogens (tertiary/aromatic N) is 3. The van der Waals surface area contributed by atoms with E-state index in [0.717, 1.165) is 5.56 Å². The lowest BCUT2D eigenvalue weighted by molar-refractivity contribution is -0.129. The lowest BCUT2D eigenvalue weighted by Crippen LogP contribution is -2.58. The zero-order chi connectivity index (χ0) is 20.5. The van der Waals surface area contributed by atoms with Gasteiger partial charge in [0.15, 0.2) is 0 Å². The van der Waals surface area contributed by atoms with Crippen LogP contribution in [0.25, 0.3) is 0 Å². The van der Waals surface area contributed by atoms with Gasteiger partial charge in [-0.3, -0.25) is 14.5 Å². The standard InChI is InChI=1S/C21H27N5O3/c1-12(2)21-25-24-18(29-21)9-15-10-22-20(28)17-8-14(11-26(15)17)23-19(27)16-7-5-4-6-13(16)3/h4-7,12,14-15,17H,8-11H2,1-3H3,(H,22,28)(H,23,27)/t14-,15+,17-/m0/s1. The molecule has 2 amide bonds. The average molecular weight is 397 g/mol. The van der Waals surface area contributed by atoms with Gasteiger partial charge >= 0.3 is 0 Å². The van der Waals surface area contributed by atoms with Crippen molar-refractivity contribution >= 4 is 11.8 Å². The Balaban J connectivity index is 1.44. The summed E-state index contributed by atoms with van der Waals surface area (Å²) in [6.07, 6.45) is 1.18. The van der Waals surface area contributed by atoms with E-state index in [1.165, 1.54) is 0 Å². The zero-order valence-electron chi connectivity index (χ0n) is 17.0. The molecule has 0 bridgehead atoms. The van der Waals surface area contributed by atoms with Gasteiger partial charge in [-0.25, -0.2) is 0 Å². The molecule has 4 rings (SSSR count). The van der Waals surface area contributed by atoms with Gasteiger partial charge < -0.3 is 15.1 Å². The molecule has 0 radical (unpaired) electrons. The van der Waals surface area contributed by atoms with Gasteiger partial charge in [0.1, 0.15) is 0 Å². The maximum absolute atomic E-state index is 12.7. The van der Waals surface area contributed by atoms with Crippen molar-refractivity contribution in [2.75, 3.05) is 13.1 Å². The van der Waals surface area contributed by atoms with Crippen LogP contribution in [0.4, 0.5) is 0 Å². The highest BCUT2D eigenvalue weighted by Gasteiger charge is 2.44. The van der Waals surface area contributed by atoms with Crippen LogP contribution in [0.2, 0.25) is 0 Å². The minimum atomic E-state index is -0.247. The first-order valence-electron chi connectivity index (χ1n) is 10.1. The molecule has 1 aromatic heterocycles. The van der Waals surface area contributed by atoms with E-state index in [-0.39, 0.29) is 35.9 Å². The highest BCUT2D eigenvalue weighted by molar-refractivity contribution is 5.96.